The number of Topliss-reactive ketones (excluding diaryl/α,β-unsaturated/α-hetero) is 1. The number of nitrogens with zero attached hydrogens (tertiary/aromatic N) is 1. The Balaban J connectivity index is 1.41. The highest BCUT2D eigenvalue weighted by molar-refractivity contribution is 7.91. The number of carbonyl (C=O) groups is 2. The largest absolute Gasteiger partial charge is 0.481 e. The van der Waals surface area contributed by atoms with Crippen molar-refractivity contribution in [3.05, 3.63) is 72.3 Å². The Morgan fingerprint density at radius 2 is 1.71 bits per heavy atom. The highest BCUT2D eigenvalue weighted by atomic mass is 32.2. The molecule has 2 aromatic rings. The molecule has 0 aromatic heterocycles. The molecular weight excluding hydrogens is 506 g/mol. The topological polar surface area (TPSA) is 110 Å². The van der Waals surface area contributed by atoms with Crippen molar-refractivity contribution in [1.82, 2.24) is 4.90 Å². The smallest absolute Gasteiger partial charge is 0.303 e. The fourth-order valence-corrected chi connectivity index (χ4v) is 6.43. The maximum absolute atomic E-state index is 13.1. The minimum absolute atomic E-state index is 0.0194. The Bertz CT molecular complexity index is 1210. The molecule has 1 N–H and O–H groups in total. The van der Waals surface area contributed by atoms with Crippen LogP contribution in [0.2, 0.25) is 0 Å². The van der Waals surface area contributed by atoms with Crippen molar-refractivity contribution >= 4 is 21.6 Å². The van der Waals surface area contributed by atoms with E-state index in [1.54, 1.807) is 54.6 Å². The third-order valence-electron chi connectivity index (χ3n) is 7.14. The molecule has 2 fully saturated rings. The number of carboxylic acids is 1. The van der Waals surface area contributed by atoms with E-state index in [1.165, 1.54) is 0 Å². The average Bonchev–Trinajstić information content (AvgIpc) is 3.25. The second kappa shape index (κ2) is 13.3. The number of allylic oxidation sites excluding steroid dienone is 2. The highest BCUT2D eigenvalue weighted by Gasteiger charge is 2.45. The summed E-state index contributed by atoms with van der Waals surface area (Å²) in [5, 5.41) is 8.82. The van der Waals surface area contributed by atoms with Crippen molar-refractivity contribution < 1.29 is 32.6 Å². The summed E-state index contributed by atoms with van der Waals surface area (Å²) in [7, 11) is -3.59. The molecule has 4 rings (SSSR count). The van der Waals surface area contributed by atoms with Crippen molar-refractivity contribution in [2.45, 2.75) is 60.6 Å². The maximum atomic E-state index is 13.1. The van der Waals surface area contributed by atoms with E-state index in [0.717, 1.165) is 5.56 Å². The van der Waals surface area contributed by atoms with Gasteiger partial charge in [0.2, 0.25) is 9.84 Å². The van der Waals surface area contributed by atoms with Gasteiger partial charge in [-0.05, 0) is 49.1 Å². The third-order valence-corrected chi connectivity index (χ3v) is 8.93. The normalized spacial score (nSPS) is 22.7. The van der Waals surface area contributed by atoms with Crippen LogP contribution in [0.3, 0.4) is 0 Å². The second-order valence-corrected chi connectivity index (χ2v) is 11.7. The zero-order valence-corrected chi connectivity index (χ0v) is 22.2. The fourth-order valence-electron chi connectivity index (χ4n) is 5.15. The van der Waals surface area contributed by atoms with E-state index >= 15 is 0 Å². The molecular formula is C29H35NO7S. The SMILES string of the molecule is O=C(O)CCC/C=C\C[C@H]1[C@H](N2CCOCC2)C(=O)C[C@H]1OCc1ccc(S(=O)(=O)c2ccccc2)cc1. The molecule has 1 saturated carbocycles. The van der Waals surface area contributed by atoms with Gasteiger partial charge < -0.3 is 14.6 Å². The summed E-state index contributed by atoms with van der Waals surface area (Å²) in [6.07, 6.45) is 6.17. The third kappa shape index (κ3) is 7.17. The number of carboxylic acid groups (broad SMARTS) is 1. The van der Waals surface area contributed by atoms with Crippen LogP contribution in [-0.4, -0.2) is 68.6 Å². The van der Waals surface area contributed by atoms with Crippen LogP contribution in [0.25, 0.3) is 0 Å². The van der Waals surface area contributed by atoms with Crippen LogP contribution in [0.15, 0.2) is 76.5 Å². The van der Waals surface area contributed by atoms with E-state index in [2.05, 4.69) is 4.90 Å². The number of ketones is 1. The molecule has 0 radical (unpaired) electrons. The molecule has 2 aromatic carbocycles. The monoisotopic (exact) mass is 541 g/mol. The molecule has 1 heterocycles. The quantitative estimate of drug-likeness (QED) is 0.318. The Morgan fingerprint density at radius 3 is 2.39 bits per heavy atom. The lowest BCUT2D eigenvalue weighted by Crippen LogP contribution is -2.49. The van der Waals surface area contributed by atoms with E-state index in [0.29, 0.717) is 52.0 Å². The predicted octanol–water partition coefficient (Wildman–Crippen LogP) is 3.90. The summed E-state index contributed by atoms with van der Waals surface area (Å²) in [4.78, 5) is 26.5. The number of benzene rings is 2. The van der Waals surface area contributed by atoms with E-state index in [4.69, 9.17) is 14.6 Å². The molecule has 0 bridgehead atoms. The minimum Gasteiger partial charge on any atom is -0.481 e. The lowest BCUT2D eigenvalue weighted by Gasteiger charge is -2.35. The van der Waals surface area contributed by atoms with Gasteiger partial charge in [-0.2, -0.15) is 0 Å². The minimum atomic E-state index is -3.59. The molecule has 0 unspecified atom stereocenters. The number of unbranched alkanes of at least 4 members (excludes halogenated alkanes) is 1. The Hall–Kier alpha value is -2.85. The molecule has 1 aliphatic carbocycles. The van der Waals surface area contributed by atoms with Gasteiger partial charge in [-0.1, -0.05) is 42.5 Å². The summed E-state index contributed by atoms with van der Waals surface area (Å²) in [6.45, 7) is 2.90. The van der Waals surface area contributed by atoms with Gasteiger partial charge >= 0.3 is 5.97 Å². The van der Waals surface area contributed by atoms with Crippen LogP contribution in [0, 0.1) is 5.92 Å². The lowest BCUT2D eigenvalue weighted by atomic mass is 9.95. The Labute approximate surface area is 224 Å². The van der Waals surface area contributed by atoms with Crippen molar-refractivity contribution in [2.75, 3.05) is 26.3 Å². The van der Waals surface area contributed by atoms with Crippen LogP contribution in [0.5, 0.6) is 0 Å². The number of sulfone groups is 1. The number of rotatable bonds is 12. The summed E-state index contributed by atoms with van der Waals surface area (Å²) in [5.41, 5.74) is 0.835. The van der Waals surface area contributed by atoms with Gasteiger partial charge in [0.15, 0.2) is 5.78 Å². The van der Waals surface area contributed by atoms with Crippen molar-refractivity contribution in [3.63, 3.8) is 0 Å². The standard InChI is InChI=1S/C29H35NO7S/c31-26-20-27(25(10-6-1-2-7-11-28(32)33)29(26)30-16-18-36-19-17-30)37-21-22-12-14-24(15-13-22)38(34,35)23-8-4-3-5-9-23/h1,3-6,8-9,12-15,25,27,29H,2,7,10-11,16-21H2,(H,32,33)/b6-1-/t25-,27-,29+/m1/s1. The highest BCUT2D eigenvalue weighted by Crippen LogP contribution is 2.34. The molecule has 1 aliphatic heterocycles. The van der Waals surface area contributed by atoms with Crippen molar-refractivity contribution in [3.8, 4) is 0 Å². The summed E-state index contributed by atoms with van der Waals surface area (Å²) >= 11 is 0. The first-order chi connectivity index (χ1) is 18.4. The van der Waals surface area contributed by atoms with Gasteiger partial charge in [0.1, 0.15) is 0 Å². The molecule has 8 nitrogen and oxygen atoms in total. The summed E-state index contributed by atoms with van der Waals surface area (Å²) in [5.74, 6) is -0.647. The lowest BCUT2D eigenvalue weighted by molar-refractivity contribution is -0.137. The predicted molar refractivity (Wildman–Crippen MR) is 141 cm³/mol. The molecule has 204 valence electrons. The number of carbonyl (C=O) groups excluding carboxylic acids is 1. The molecule has 9 heteroatoms. The average molecular weight is 542 g/mol. The van der Waals surface area contributed by atoms with E-state index < -0.39 is 15.8 Å². The summed E-state index contributed by atoms with van der Waals surface area (Å²) in [6, 6.07) is 14.8. The molecule has 38 heavy (non-hydrogen) atoms. The van der Waals surface area contributed by atoms with Crippen LogP contribution < -0.4 is 0 Å². The van der Waals surface area contributed by atoms with Gasteiger partial charge in [-0.25, -0.2) is 8.42 Å². The number of morpholine rings is 1. The van der Waals surface area contributed by atoms with Crippen molar-refractivity contribution in [2.24, 2.45) is 5.92 Å². The molecule has 2 aliphatic rings. The zero-order valence-electron chi connectivity index (χ0n) is 21.4. The van der Waals surface area contributed by atoms with Crippen LogP contribution >= 0.6 is 0 Å². The van der Waals surface area contributed by atoms with Crippen LogP contribution in [0.1, 0.15) is 37.7 Å². The van der Waals surface area contributed by atoms with Crippen molar-refractivity contribution in [1.29, 1.82) is 0 Å². The van der Waals surface area contributed by atoms with Crippen LogP contribution in [0.4, 0.5) is 0 Å². The van der Waals surface area contributed by atoms with Crippen LogP contribution in [-0.2, 0) is 35.5 Å². The number of hydrogen-bond acceptors (Lipinski definition) is 7. The Morgan fingerprint density at radius 1 is 1.03 bits per heavy atom. The zero-order chi connectivity index (χ0) is 27.0. The summed E-state index contributed by atoms with van der Waals surface area (Å²) < 4.78 is 37.5. The molecule has 0 amide bonds. The van der Waals surface area contributed by atoms with Gasteiger partial charge in [-0.3, -0.25) is 14.5 Å². The molecule has 1 saturated heterocycles. The van der Waals surface area contributed by atoms with E-state index in [-0.39, 0.29) is 46.7 Å². The van der Waals surface area contributed by atoms with Gasteiger partial charge in [0.05, 0.1) is 41.8 Å². The fraction of sp³-hybridized carbons (Fsp3) is 0.448. The van der Waals surface area contributed by atoms with Gasteiger partial charge in [-0.15, -0.1) is 0 Å². The first kappa shape index (κ1) is 28.2. The van der Waals surface area contributed by atoms with E-state index in [9.17, 15) is 18.0 Å². The molecule has 3 atom stereocenters. The first-order valence-electron chi connectivity index (χ1n) is 13.1. The van der Waals surface area contributed by atoms with Gasteiger partial charge in [0.25, 0.3) is 0 Å². The first-order valence-corrected chi connectivity index (χ1v) is 14.6. The van der Waals surface area contributed by atoms with E-state index in [1.807, 2.05) is 12.2 Å². The number of hydrogen-bond donors (Lipinski definition) is 1. The maximum Gasteiger partial charge on any atom is 0.303 e. The Kier molecular flexibility index (Phi) is 9.85. The molecule has 0 spiro atoms. The second-order valence-electron chi connectivity index (χ2n) is 9.73. The van der Waals surface area contributed by atoms with Gasteiger partial charge in [0, 0.05) is 31.8 Å². The number of aliphatic carboxylic acids is 1. The number of ether oxygens (including phenoxy) is 2.